The van der Waals surface area contributed by atoms with E-state index in [9.17, 15) is 0 Å². The van der Waals surface area contributed by atoms with Crippen molar-refractivity contribution < 1.29 is 0 Å². The van der Waals surface area contributed by atoms with Crippen LogP contribution in [-0.2, 0) is 0 Å². The lowest BCUT2D eigenvalue weighted by Crippen LogP contribution is -1.97. The van der Waals surface area contributed by atoms with E-state index in [0.29, 0.717) is 0 Å². The second kappa shape index (κ2) is 5.86. The zero-order valence-corrected chi connectivity index (χ0v) is 21.4. The van der Waals surface area contributed by atoms with Crippen LogP contribution in [0.25, 0.3) is 118 Å². The molecule has 0 spiro atoms. The normalized spacial score (nSPS) is 13.5. The summed E-state index contributed by atoms with van der Waals surface area (Å²) in [6.07, 6.45) is 0. The molecule has 0 amide bonds. The van der Waals surface area contributed by atoms with Gasteiger partial charge in [0, 0.05) is 0 Å². The van der Waals surface area contributed by atoms with Crippen LogP contribution in [0.4, 0.5) is 0 Å². The lowest BCUT2D eigenvalue weighted by Gasteiger charge is -2.26. The molecule has 0 saturated heterocycles. The van der Waals surface area contributed by atoms with E-state index in [2.05, 4.69) is 109 Å². The van der Waals surface area contributed by atoms with Crippen molar-refractivity contribution in [2.24, 2.45) is 0 Å². The fourth-order valence-corrected chi connectivity index (χ4v) is 8.88. The van der Waals surface area contributed by atoms with Crippen LogP contribution in [0.5, 0.6) is 0 Å². The molecule has 0 unspecified atom stereocenters. The first kappa shape index (κ1) is 19.0. The van der Waals surface area contributed by atoms with Crippen LogP contribution in [0.2, 0.25) is 0 Å². The molecule has 178 valence electrons. The predicted octanol–water partition coefficient (Wildman–Crippen LogP) is 11.6. The highest BCUT2D eigenvalue weighted by Crippen LogP contribution is 2.56. The van der Waals surface area contributed by atoms with Crippen LogP contribution >= 0.6 is 0 Å². The Morgan fingerprint density at radius 3 is 1.35 bits per heavy atom. The summed E-state index contributed by atoms with van der Waals surface area (Å²) in [7, 11) is 0. The summed E-state index contributed by atoms with van der Waals surface area (Å²) >= 11 is 0. The van der Waals surface area contributed by atoms with Crippen molar-refractivity contribution >= 4 is 118 Å². The maximum absolute atomic E-state index is 2.50. The van der Waals surface area contributed by atoms with Gasteiger partial charge in [0.2, 0.25) is 0 Å². The zero-order chi connectivity index (χ0) is 25.4. The molecule has 12 aromatic rings. The van der Waals surface area contributed by atoms with Gasteiger partial charge >= 0.3 is 0 Å². The van der Waals surface area contributed by atoms with Gasteiger partial charge in [-0.1, -0.05) is 97.1 Å². The second-order valence-electron chi connectivity index (χ2n) is 12.0. The van der Waals surface area contributed by atoms with Crippen molar-refractivity contribution in [3.63, 3.8) is 0 Å². The third-order valence-corrected chi connectivity index (χ3v) is 10.3. The highest BCUT2D eigenvalue weighted by molar-refractivity contribution is 6.55. The minimum Gasteiger partial charge on any atom is -0.0616 e. The summed E-state index contributed by atoms with van der Waals surface area (Å²) in [5.41, 5.74) is 0. The number of hydrogen-bond donors (Lipinski definition) is 0. The summed E-state index contributed by atoms with van der Waals surface area (Å²) < 4.78 is 0. The summed E-state index contributed by atoms with van der Waals surface area (Å²) in [5, 5.41) is 30.7. The molecule has 12 rings (SSSR count). The number of hydrogen-bond acceptors (Lipinski definition) is 0. The first-order valence-electron chi connectivity index (χ1n) is 14.2. The average molecular weight is 499 g/mol. The minimum absolute atomic E-state index is 1.30. The topological polar surface area (TPSA) is 0 Å². The first-order chi connectivity index (χ1) is 19.8. The Hall–Kier alpha value is -5.20. The van der Waals surface area contributed by atoms with Crippen LogP contribution < -0.4 is 0 Å². The van der Waals surface area contributed by atoms with Crippen LogP contribution in [0.3, 0.4) is 0 Å². The third kappa shape index (κ3) is 1.80. The Balaban J connectivity index is 1.60. The summed E-state index contributed by atoms with van der Waals surface area (Å²) in [5.74, 6) is 0. The lowest BCUT2D eigenvalue weighted by molar-refractivity contribution is 1.80. The van der Waals surface area contributed by atoms with Gasteiger partial charge in [-0.3, -0.25) is 0 Å². The Bertz CT molecular complexity index is 3010. The highest BCUT2D eigenvalue weighted by atomic mass is 14.3. The van der Waals surface area contributed by atoms with Crippen molar-refractivity contribution in [3.8, 4) is 0 Å². The predicted molar refractivity (Wildman–Crippen MR) is 175 cm³/mol. The number of rotatable bonds is 0. The molecule has 0 aromatic heterocycles. The standard InChI is InChI=1S/C40H18/c1-2-4-26-19(3-1)13-15-27-29-18-25-12-9-21-6-5-20-7-10-23-17-24-11-8-22-14-16-28(36(26)27)37-32(22)34(24)39-33(23)30(20)31(21)35(25)40(39)38(29)37/h1-18H. The molecule has 40 heavy (non-hydrogen) atoms. The van der Waals surface area contributed by atoms with Gasteiger partial charge in [0.1, 0.15) is 0 Å². The molecular weight excluding hydrogens is 480 g/mol. The third-order valence-electron chi connectivity index (χ3n) is 10.3. The van der Waals surface area contributed by atoms with Gasteiger partial charge in [-0.2, -0.15) is 0 Å². The Labute approximate surface area is 227 Å². The van der Waals surface area contributed by atoms with E-state index >= 15 is 0 Å². The second-order valence-corrected chi connectivity index (χ2v) is 12.0. The fraction of sp³-hybridized carbons (Fsp3) is 0. The molecule has 0 heterocycles. The lowest BCUT2D eigenvalue weighted by atomic mass is 9.76. The maximum Gasteiger partial charge on any atom is -0.0000702 e. The van der Waals surface area contributed by atoms with E-state index in [1.807, 2.05) is 0 Å². The van der Waals surface area contributed by atoms with Crippen LogP contribution in [0, 0.1) is 0 Å². The SMILES string of the molecule is c1ccc2c(c1)ccc1c3cc4ccc5ccc6ccc7cc8ccc9ccc(c21)c1c9c8c2c7c6c5c4c2c31. The minimum atomic E-state index is 1.30. The Morgan fingerprint density at radius 1 is 0.200 bits per heavy atom. The van der Waals surface area contributed by atoms with Gasteiger partial charge in [0.05, 0.1) is 0 Å². The van der Waals surface area contributed by atoms with Crippen molar-refractivity contribution in [2.45, 2.75) is 0 Å². The maximum atomic E-state index is 2.50. The van der Waals surface area contributed by atoms with Gasteiger partial charge in [-0.25, -0.2) is 0 Å². The molecule has 12 aromatic carbocycles. The summed E-state index contributed by atoms with van der Waals surface area (Å²) in [6, 6.07) is 42.0. The molecule has 0 atom stereocenters. The van der Waals surface area contributed by atoms with E-state index in [0.717, 1.165) is 0 Å². The highest BCUT2D eigenvalue weighted by Gasteiger charge is 2.27. The van der Waals surface area contributed by atoms with Crippen LogP contribution in [0.1, 0.15) is 0 Å². The molecular formula is C40H18. The van der Waals surface area contributed by atoms with Crippen molar-refractivity contribution in [3.05, 3.63) is 109 Å². The smallest absolute Gasteiger partial charge is 0.0000702 e. The number of benzene rings is 12. The molecule has 0 N–H and O–H groups in total. The molecule has 0 fully saturated rings. The molecule has 0 bridgehead atoms. The van der Waals surface area contributed by atoms with Crippen LogP contribution in [0.15, 0.2) is 109 Å². The van der Waals surface area contributed by atoms with Gasteiger partial charge in [-0.15, -0.1) is 0 Å². The average Bonchev–Trinajstić information content (AvgIpc) is 3.01. The van der Waals surface area contributed by atoms with Crippen molar-refractivity contribution in [1.29, 1.82) is 0 Å². The monoisotopic (exact) mass is 498 g/mol. The molecule has 0 aliphatic carbocycles. The van der Waals surface area contributed by atoms with Gasteiger partial charge in [-0.05, 0) is 131 Å². The molecule has 0 heteroatoms. The fourth-order valence-electron chi connectivity index (χ4n) is 8.88. The van der Waals surface area contributed by atoms with Crippen molar-refractivity contribution in [2.75, 3.05) is 0 Å². The molecule has 0 saturated carbocycles. The molecule has 0 aliphatic heterocycles. The van der Waals surface area contributed by atoms with Crippen LogP contribution in [-0.4, -0.2) is 0 Å². The van der Waals surface area contributed by atoms with E-state index in [-0.39, 0.29) is 0 Å². The van der Waals surface area contributed by atoms with E-state index < -0.39 is 0 Å². The quantitative estimate of drug-likeness (QED) is 0.144. The van der Waals surface area contributed by atoms with E-state index in [4.69, 9.17) is 0 Å². The van der Waals surface area contributed by atoms with E-state index in [1.165, 1.54) is 118 Å². The Kier molecular flexibility index (Phi) is 2.77. The number of fused-ring (bicyclic) bond motifs is 5. The van der Waals surface area contributed by atoms with E-state index in [1.54, 1.807) is 0 Å². The molecule has 0 nitrogen and oxygen atoms in total. The largest absolute Gasteiger partial charge is 0.0616 e. The van der Waals surface area contributed by atoms with Gasteiger partial charge in [0.15, 0.2) is 0 Å². The van der Waals surface area contributed by atoms with Gasteiger partial charge in [0.25, 0.3) is 0 Å². The van der Waals surface area contributed by atoms with Crippen molar-refractivity contribution in [1.82, 2.24) is 0 Å². The molecule has 0 radical (unpaired) electrons. The Morgan fingerprint density at radius 2 is 0.650 bits per heavy atom. The first-order valence-corrected chi connectivity index (χ1v) is 14.2. The summed E-state index contributed by atoms with van der Waals surface area (Å²) in [6.45, 7) is 0. The summed E-state index contributed by atoms with van der Waals surface area (Å²) in [4.78, 5) is 0. The van der Waals surface area contributed by atoms with Gasteiger partial charge < -0.3 is 0 Å². The zero-order valence-electron chi connectivity index (χ0n) is 21.4. The molecule has 0 aliphatic rings.